The van der Waals surface area contributed by atoms with Crippen LogP contribution in [0.1, 0.15) is 18.4 Å². The molecule has 1 fully saturated rings. The summed E-state index contributed by atoms with van der Waals surface area (Å²) in [6.45, 7) is 0.659. The number of carbonyl (C=O) groups is 1. The minimum Gasteiger partial charge on any atom is -0.493 e. The minimum atomic E-state index is -4.06. The first-order valence-electron chi connectivity index (χ1n) is 11.0. The average Bonchev–Trinajstić information content (AvgIpc) is 2.89. The van der Waals surface area contributed by atoms with Gasteiger partial charge in [-0.2, -0.15) is 0 Å². The van der Waals surface area contributed by atoms with E-state index in [1.54, 1.807) is 24.5 Å². The number of rotatable bonds is 8. The van der Waals surface area contributed by atoms with Crippen LogP contribution in [-0.2, 0) is 25.8 Å². The van der Waals surface area contributed by atoms with Crippen molar-refractivity contribution in [1.82, 2.24) is 10.5 Å². The molecule has 8 nitrogen and oxygen atoms in total. The van der Waals surface area contributed by atoms with Gasteiger partial charge in [-0.1, -0.05) is 24.3 Å². The van der Waals surface area contributed by atoms with E-state index in [0.29, 0.717) is 18.8 Å². The van der Waals surface area contributed by atoms with Crippen LogP contribution >= 0.6 is 0 Å². The topological polar surface area (TPSA) is 115 Å². The number of carbonyl (C=O) groups excluding carboxylic acids is 1. The number of nitrogens with one attached hydrogen (secondary N) is 1. The Balaban J connectivity index is 1.42. The molecular weight excluding hydrogens is 456 g/mol. The number of ether oxygens (including phenoxy) is 2. The molecule has 4 rings (SSSR count). The normalized spacial score (nSPS) is 15.4. The maximum atomic E-state index is 13.3. The highest BCUT2D eigenvalue weighted by Crippen LogP contribution is 2.35. The molecule has 34 heavy (non-hydrogen) atoms. The molecule has 1 aliphatic rings. The van der Waals surface area contributed by atoms with Crippen LogP contribution in [0.5, 0.6) is 5.75 Å². The summed E-state index contributed by atoms with van der Waals surface area (Å²) in [5.74, 6) is -0.415. The molecule has 2 heterocycles. The Morgan fingerprint density at radius 1 is 1.03 bits per heavy atom. The van der Waals surface area contributed by atoms with Gasteiger partial charge in [0.05, 0.1) is 11.5 Å². The third-order valence-corrected chi connectivity index (χ3v) is 8.58. The fourth-order valence-corrected chi connectivity index (χ4v) is 6.04. The number of aromatic nitrogens is 1. The number of benzene rings is 2. The summed E-state index contributed by atoms with van der Waals surface area (Å²) < 4.78 is 35.9. The van der Waals surface area contributed by atoms with E-state index < -0.39 is 20.5 Å². The van der Waals surface area contributed by atoms with Gasteiger partial charge in [-0.3, -0.25) is 15.0 Å². The largest absolute Gasteiger partial charge is 0.493 e. The highest BCUT2D eigenvalue weighted by atomic mass is 32.2. The molecular formula is C25H26N2O6S. The Hall–Kier alpha value is -3.27. The zero-order valence-electron chi connectivity index (χ0n) is 18.5. The molecule has 1 saturated heterocycles. The van der Waals surface area contributed by atoms with Crippen molar-refractivity contribution in [2.45, 2.75) is 28.9 Å². The molecule has 0 spiro atoms. The van der Waals surface area contributed by atoms with E-state index in [9.17, 15) is 13.2 Å². The van der Waals surface area contributed by atoms with Crippen LogP contribution in [0, 0.1) is 0 Å². The van der Waals surface area contributed by atoms with E-state index in [1.807, 2.05) is 30.3 Å². The van der Waals surface area contributed by atoms with Gasteiger partial charge in [-0.15, -0.1) is 0 Å². The monoisotopic (exact) mass is 482 g/mol. The molecule has 1 aliphatic heterocycles. The zero-order valence-corrected chi connectivity index (χ0v) is 19.3. The lowest BCUT2D eigenvalue weighted by atomic mass is 9.98. The Morgan fingerprint density at radius 2 is 1.74 bits per heavy atom. The van der Waals surface area contributed by atoms with Crippen molar-refractivity contribution >= 4 is 15.7 Å². The minimum absolute atomic E-state index is 0.00426. The molecule has 0 bridgehead atoms. The van der Waals surface area contributed by atoms with Gasteiger partial charge in [0.15, 0.2) is 14.6 Å². The molecule has 1 aromatic heterocycles. The van der Waals surface area contributed by atoms with Crippen molar-refractivity contribution in [3.05, 3.63) is 78.6 Å². The molecule has 178 valence electrons. The highest BCUT2D eigenvalue weighted by molar-refractivity contribution is 7.93. The summed E-state index contributed by atoms with van der Waals surface area (Å²) in [4.78, 5) is 16.4. The molecule has 3 aromatic rings. The number of hydrogen-bond acceptors (Lipinski definition) is 7. The zero-order chi connectivity index (χ0) is 24.0. The number of hydrogen-bond donors (Lipinski definition) is 2. The van der Waals surface area contributed by atoms with Gasteiger partial charge in [0.1, 0.15) is 5.75 Å². The van der Waals surface area contributed by atoms with Crippen molar-refractivity contribution < 1.29 is 27.9 Å². The molecule has 9 heteroatoms. The summed E-state index contributed by atoms with van der Waals surface area (Å²) in [6, 6.07) is 18.1. The van der Waals surface area contributed by atoms with Crippen molar-refractivity contribution in [2.75, 3.05) is 19.8 Å². The van der Waals surface area contributed by atoms with Gasteiger partial charge in [0, 0.05) is 32.0 Å². The third-order valence-electron chi connectivity index (χ3n) is 6.06. The first-order chi connectivity index (χ1) is 16.5. The second kappa shape index (κ2) is 10.3. The number of hydroxylamine groups is 1. The quantitative estimate of drug-likeness (QED) is 0.374. The number of amides is 1. The second-order valence-electron chi connectivity index (χ2n) is 8.06. The molecule has 0 saturated carbocycles. The van der Waals surface area contributed by atoms with E-state index in [1.165, 1.54) is 17.6 Å². The van der Waals surface area contributed by atoms with E-state index >= 15 is 0 Å². The fraction of sp³-hybridized carbons (Fsp3) is 0.280. The van der Waals surface area contributed by atoms with Crippen LogP contribution in [-0.4, -0.2) is 49.1 Å². The number of nitrogens with zero attached hydrogens (tertiary/aromatic N) is 1. The molecule has 0 unspecified atom stereocenters. The fourth-order valence-electron chi connectivity index (χ4n) is 4.10. The van der Waals surface area contributed by atoms with Gasteiger partial charge in [0.2, 0.25) is 0 Å². The van der Waals surface area contributed by atoms with Crippen LogP contribution in [0.25, 0.3) is 11.1 Å². The molecule has 0 atom stereocenters. The van der Waals surface area contributed by atoms with Gasteiger partial charge in [0.25, 0.3) is 5.91 Å². The highest BCUT2D eigenvalue weighted by Gasteiger charge is 2.52. The van der Waals surface area contributed by atoms with Crippen molar-refractivity contribution in [2.24, 2.45) is 0 Å². The maximum absolute atomic E-state index is 13.3. The van der Waals surface area contributed by atoms with Crippen molar-refractivity contribution in [3.63, 3.8) is 0 Å². The van der Waals surface area contributed by atoms with Crippen molar-refractivity contribution in [3.8, 4) is 16.9 Å². The number of pyridine rings is 1. The molecule has 0 aliphatic carbocycles. The van der Waals surface area contributed by atoms with Crippen molar-refractivity contribution in [1.29, 1.82) is 0 Å². The Bertz CT molecular complexity index is 1220. The summed E-state index contributed by atoms with van der Waals surface area (Å²) in [6.07, 6.45) is 4.14. The lowest BCUT2D eigenvalue weighted by molar-refractivity contribution is -0.134. The lowest BCUT2D eigenvalue weighted by Crippen LogP contribution is -2.54. The number of sulfone groups is 1. The lowest BCUT2D eigenvalue weighted by Gasteiger charge is -2.34. The smallest absolute Gasteiger partial charge is 0.265 e. The van der Waals surface area contributed by atoms with E-state index in [4.69, 9.17) is 14.7 Å². The van der Waals surface area contributed by atoms with E-state index in [-0.39, 0.29) is 31.0 Å². The van der Waals surface area contributed by atoms with Gasteiger partial charge in [-0.05, 0) is 65.9 Å². The predicted molar refractivity (Wildman–Crippen MR) is 125 cm³/mol. The third kappa shape index (κ3) is 4.82. The molecule has 1 amide bonds. The van der Waals surface area contributed by atoms with Crippen LogP contribution in [0.2, 0.25) is 0 Å². The maximum Gasteiger partial charge on any atom is 0.265 e. The van der Waals surface area contributed by atoms with Gasteiger partial charge in [-0.25, -0.2) is 13.9 Å². The Morgan fingerprint density at radius 3 is 2.41 bits per heavy atom. The van der Waals surface area contributed by atoms with Crippen LogP contribution in [0.4, 0.5) is 0 Å². The molecule has 2 aromatic carbocycles. The van der Waals surface area contributed by atoms with Gasteiger partial charge >= 0.3 is 0 Å². The van der Waals surface area contributed by atoms with Crippen LogP contribution < -0.4 is 10.2 Å². The summed E-state index contributed by atoms with van der Waals surface area (Å²) in [7, 11) is -4.06. The summed E-state index contributed by atoms with van der Waals surface area (Å²) in [5.41, 5.74) is 4.82. The first-order valence-corrected chi connectivity index (χ1v) is 12.4. The standard InChI is InChI=1S/C25H26N2O6S/c28-24(27-29)25(11-16-32-17-12-25)34(30,31)23-6-4-22(5-7-23)33-15-10-19-2-1-3-21(18-19)20-8-13-26-14-9-20/h1-9,13-14,18,29H,10-12,15-17H2,(H,27,28). The Labute approximate surface area is 198 Å². The first kappa shape index (κ1) is 23.9. The summed E-state index contributed by atoms with van der Waals surface area (Å²) in [5, 5.41) is 9.15. The average molecular weight is 483 g/mol. The molecule has 0 radical (unpaired) electrons. The second-order valence-corrected chi connectivity index (χ2v) is 10.3. The van der Waals surface area contributed by atoms with E-state index in [2.05, 4.69) is 11.1 Å². The molecule has 2 N–H and O–H groups in total. The van der Waals surface area contributed by atoms with Gasteiger partial charge < -0.3 is 9.47 Å². The SMILES string of the molecule is O=C(NO)C1(S(=O)(=O)c2ccc(OCCc3cccc(-c4ccncc4)c3)cc2)CCOCC1. The van der Waals surface area contributed by atoms with Crippen LogP contribution in [0.15, 0.2) is 78.0 Å². The van der Waals surface area contributed by atoms with E-state index in [0.717, 1.165) is 16.7 Å². The summed E-state index contributed by atoms with van der Waals surface area (Å²) >= 11 is 0. The van der Waals surface area contributed by atoms with Crippen LogP contribution in [0.3, 0.4) is 0 Å². The predicted octanol–water partition coefficient (Wildman–Crippen LogP) is 3.20. The Kier molecular flexibility index (Phi) is 7.26.